The van der Waals surface area contributed by atoms with E-state index in [9.17, 15) is 4.79 Å². The number of nitrogens with one attached hydrogen (secondary N) is 1. The van der Waals surface area contributed by atoms with Crippen molar-refractivity contribution in [1.29, 1.82) is 0 Å². The minimum Gasteiger partial charge on any atom is -0.493 e. The second-order valence-electron chi connectivity index (χ2n) is 7.17. The summed E-state index contributed by atoms with van der Waals surface area (Å²) in [6, 6.07) is 11.1. The first kappa shape index (κ1) is 22.0. The number of carbonyl (C=O) groups excluding carboxylic acids is 1. The Morgan fingerprint density at radius 2 is 1.94 bits per heavy atom. The third-order valence-electron chi connectivity index (χ3n) is 4.88. The molecule has 0 saturated carbocycles. The van der Waals surface area contributed by atoms with Crippen molar-refractivity contribution in [2.45, 2.75) is 13.0 Å². The van der Waals surface area contributed by atoms with Crippen LogP contribution in [0.1, 0.15) is 5.56 Å². The topological polar surface area (TPSA) is 126 Å². The van der Waals surface area contributed by atoms with Crippen LogP contribution in [-0.4, -0.2) is 46.4 Å². The fourth-order valence-electron chi connectivity index (χ4n) is 3.36. The molecule has 0 radical (unpaired) electrons. The number of amides is 1. The monoisotopic (exact) mass is 448 g/mol. The van der Waals surface area contributed by atoms with Gasteiger partial charge in [-0.25, -0.2) is 9.97 Å². The molecule has 0 unspecified atom stereocenters. The summed E-state index contributed by atoms with van der Waals surface area (Å²) in [5, 5.41) is 7.73. The molecular formula is C23H24N6O4. The minimum absolute atomic E-state index is 0.0278. The van der Waals surface area contributed by atoms with Crippen molar-refractivity contribution in [2.24, 2.45) is 5.73 Å². The predicted molar refractivity (Wildman–Crippen MR) is 123 cm³/mol. The number of benzene rings is 2. The standard InChI is InChI=1S/C23H24N6O4/c1-31-20-9-18-19(10-21(20)32-2)25-14-26-23(18)33-17-11-27-29(12-17)13-22(30)28-16-5-3-4-15(8-16)6-7-24/h3-5,8-12,14H,6-7,13,24H2,1-2H3,(H,28,30). The zero-order valence-corrected chi connectivity index (χ0v) is 18.3. The van der Waals surface area contributed by atoms with Crippen LogP contribution in [0.25, 0.3) is 10.9 Å². The first-order valence-electron chi connectivity index (χ1n) is 10.3. The van der Waals surface area contributed by atoms with Gasteiger partial charge in [0, 0.05) is 11.8 Å². The molecule has 2 heterocycles. The number of carbonyl (C=O) groups is 1. The number of nitrogens with zero attached hydrogens (tertiary/aromatic N) is 4. The van der Waals surface area contributed by atoms with Crippen LogP contribution in [0, 0.1) is 0 Å². The van der Waals surface area contributed by atoms with Crippen molar-refractivity contribution in [3.63, 3.8) is 0 Å². The van der Waals surface area contributed by atoms with E-state index in [1.54, 1.807) is 32.5 Å². The van der Waals surface area contributed by atoms with Crippen LogP contribution < -0.4 is 25.3 Å². The molecule has 0 fully saturated rings. The normalized spacial score (nSPS) is 10.8. The molecule has 0 aliphatic heterocycles. The van der Waals surface area contributed by atoms with E-state index in [0.29, 0.717) is 46.3 Å². The summed E-state index contributed by atoms with van der Waals surface area (Å²) in [5.41, 5.74) is 8.02. The van der Waals surface area contributed by atoms with Crippen molar-refractivity contribution in [1.82, 2.24) is 19.7 Å². The first-order chi connectivity index (χ1) is 16.1. The van der Waals surface area contributed by atoms with E-state index >= 15 is 0 Å². The van der Waals surface area contributed by atoms with Gasteiger partial charge < -0.3 is 25.3 Å². The molecule has 2 aromatic heterocycles. The summed E-state index contributed by atoms with van der Waals surface area (Å²) in [5.74, 6) is 1.65. The lowest BCUT2D eigenvalue weighted by molar-refractivity contribution is -0.116. The van der Waals surface area contributed by atoms with Gasteiger partial charge in [-0.2, -0.15) is 5.10 Å². The minimum atomic E-state index is -0.209. The molecule has 0 spiro atoms. The molecule has 33 heavy (non-hydrogen) atoms. The van der Waals surface area contributed by atoms with Crippen LogP contribution >= 0.6 is 0 Å². The van der Waals surface area contributed by atoms with Crippen molar-refractivity contribution in [2.75, 3.05) is 26.1 Å². The third kappa shape index (κ3) is 5.18. The number of aromatic nitrogens is 4. The number of hydrogen-bond donors (Lipinski definition) is 2. The number of nitrogens with two attached hydrogens (primary N) is 1. The van der Waals surface area contributed by atoms with Gasteiger partial charge in [0.15, 0.2) is 17.2 Å². The zero-order valence-electron chi connectivity index (χ0n) is 18.3. The number of rotatable bonds is 9. The van der Waals surface area contributed by atoms with Crippen molar-refractivity contribution >= 4 is 22.5 Å². The second kappa shape index (κ2) is 9.96. The summed E-state index contributed by atoms with van der Waals surface area (Å²) in [6.07, 6.45) is 5.29. The van der Waals surface area contributed by atoms with Crippen LogP contribution in [-0.2, 0) is 17.8 Å². The Hall–Kier alpha value is -4.18. The molecule has 4 aromatic rings. The molecule has 4 rings (SSSR count). The van der Waals surface area contributed by atoms with E-state index in [1.807, 2.05) is 24.3 Å². The maximum atomic E-state index is 12.4. The van der Waals surface area contributed by atoms with Gasteiger partial charge in [0.05, 0.1) is 37.5 Å². The summed E-state index contributed by atoms with van der Waals surface area (Å²) >= 11 is 0. The van der Waals surface area contributed by atoms with E-state index in [-0.39, 0.29) is 12.5 Å². The van der Waals surface area contributed by atoms with E-state index in [4.69, 9.17) is 19.9 Å². The number of fused-ring (bicyclic) bond motifs is 1. The highest BCUT2D eigenvalue weighted by molar-refractivity contribution is 5.90. The SMILES string of the molecule is COc1cc2ncnc(Oc3cnn(CC(=O)Nc4cccc(CCN)c4)c3)c2cc1OC. The Morgan fingerprint density at radius 1 is 1.12 bits per heavy atom. The predicted octanol–water partition coefficient (Wildman–Crippen LogP) is 2.78. The van der Waals surface area contributed by atoms with E-state index in [0.717, 1.165) is 12.0 Å². The van der Waals surface area contributed by atoms with Crippen LogP contribution in [0.2, 0.25) is 0 Å². The first-order valence-corrected chi connectivity index (χ1v) is 10.3. The van der Waals surface area contributed by atoms with Crippen LogP contribution in [0.3, 0.4) is 0 Å². The fourth-order valence-corrected chi connectivity index (χ4v) is 3.36. The maximum Gasteiger partial charge on any atom is 0.246 e. The Bertz CT molecular complexity index is 1270. The average molecular weight is 448 g/mol. The number of ether oxygens (including phenoxy) is 3. The molecule has 0 saturated heterocycles. The van der Waals surface area contributed by atoms with Crippen LogP contribution in [0.5, 0.6) is 23.1 Å². The molecule has 10 nitrogen and oxygen atoms in total. The zero-order chi connectivity index (χ0) is 23.2. The van der Waals surface area contributed by atoms with Gasteiger partial charge in [0.1, 0.15) is 12.9 Å². The molecule has 0 atom stereocenters. The van der Waals surface area contributed by atoms with E-state index in [1.165, 1.54) is 17.2 Å². The smallest absolute Gasteiger partial charge is 0.246 e. The molecule has 170 valence electrons. The highest BCUT2D eigenvalue weighted by Crippen LogP contribution is 2.35. The summed E-state index contributed by atoms with van der Waals surface area (Å²) in [6.45, 7) is 0.579. The van der Waals surface area contributed by atoms with Gasteiger partial charge in [-0.3, -0.25) is 9.48 Å². The fraction of sp³-hybridized carbons (Fsp3) is 0.217. The summed E-state index contributed by atoms with van der Waals surface area (Å²) in [7, 11) is 3.11. The van der Waals surface area contributed by atoms with Crippen LogP contribution in [0.4, 0.5) is 5.69 Å². The highest BCUT2D eigenvalue weighted by atomic mass is 16.5. The maximum absolute atomic E-state index is 12.4. The van der Waals surface area contributed by atoms with Gasteiger partial charge >= 0.3 is 0 Å². The lowest BCUT2D eigenvalue weighted by atomic mass is 10.1. The molecule has 3 N–H and O–H groups in total. The molecule has 10 heteroatoms. The number of methoxy groups -OCH3 is 2. The Labute approximate surface area is 190 Å². The second-order valence-corrected chi connectivity index (χ2v) is 7.17. The molecular weight excluding hydrogens is 424 g/mol. The number of anilines is 1. The van der Waals surface area contributed by atoms with Gasteiger partial charge in [-0.1, -0.05) is 12.1 Å². The third-order valence-corrected chi connectivity index (χ3v) is 4.88. The Morgan fingerprint density at radius 3 is 2.73 bits per heavy atom. The lowest BCUT2D eigenvalue weighted by Gasteiger charge is -2.10. The lowest BCUT2D eigenvalue weighted by Crippen LogP contribution is -2.19. The molecule has 0 aliphatic carbocycles. The molecule has 0 bridgehead atoms. The van der Waals surface area contributed by atoms with E-state index < -0.39 is 0 Å². The molecule has 1 amide bonds. The van der Waals surface area contributed by atoms with Crippen molar-refractivity contribution < 1.29 is 19.0 Å². The van der Waals surface area contributed by atoms with Crippen LogP contribution in [0.15, 0.2) is 55.1 Å². The molecule has 0 aliphatic rings. The quantitative estimate of drug-likeness (QED) is 0.400. The Kier molecular flexibility index (Phi) is 6.65. The van der Waals surface area contributed by atoms with Gasteiger partial charge in [0.25, 0.3) is 0 Å². The largest absolute Gasteiger partial charge is 0.493 e. The Balaban J connectivity index is 1.46. The summed E-state index contributed by atoms with van der Waals surface area (Å²) in [4.78, 5) is 20.9. The van der Waals surface area contributed by atoms with Gasteiger partial charge in [-0.05, 0) is 36.7 Å². The number of hydrogen-bond acceptors (Lipinski definition) is 8. The van der Waals surface area contributed by atoms with E-state index in [2.05, 4.69) is 20.4 Å². The average Bonchev–Trinajstić information content (AvgIpc) is 3.25. The van der Waals surface area contributed by atoms with Crippen molar-refractivity contribution in [3.8, 4) is 23.1 Å². The summed E-state index contributed by atoms with van der Waals surface area (Å²) < 4.78 is 18.1. The van der Waals surface area contributed by atoms with Gasteiger partial charge in [-0.15, -0.1) is 0 Å². The van der Waals surface area contributed by atoms with Crippen molar-refractivity contribution in [3.05, 3.63) is 60.7 Å². The highest BCUT2D eigenvalue weighted by Gasteiger charge is 2.14. The molecule has 2 aromatic carbocycles. The van der Waals surface area contributed by atoms with Gasteiger partial charge in [0.2, 0.25) is 11.8 Å².